The molecule has 2 amide bonds. The van der Waals surface area contributed by atoms with Gasteiger partial charge in [-0.2, -0.15) is 0 Å². The number of carbonyl (C=O) groups excluding carboxylic acids is 2. The Hall–Kier alpha value is -2.30. The predicted octanol–water partition coefficient (Wildman–Crippen LogP) is 0.282. The van der Waals surface area contributed by atoms with Crippen molar-refractivity contribution in [3.05, 3.63) is 36.0 Å². The van der Waals surface area contributed by atoms with E-state index < -0.39 is 6.04 Å². The first-order chi connectivity index (χ1) is 8.74. The summed E-state index contributed by atoms with van der Waals surface area (Å²) >= 11 is 0. The third kappa shape index (κ3) is 1.84. The number of piperazine rings is 1. The van der Waals surface area contributed by atoms with Crippen molar-refractivity contribution in [3.8, 4) is 0 Å². The van der Waals surface area contributed by atoms with Crippen LogP contribution in [0.2, 0.25) is 0 Å². The number of nitrogens with zero attached hydrogens (tertiary/aromatic N) is 1. The molecule has 0 aliphatic carbocycles. The molecule has 1 aromatic rings. The summed E-state index contributed by atoms with van der Waals surface area (Å²) in [4.78, 5) is 22.9. The molecule has 2 aliphatic rings. The van der Waals surface area contributed by atoms with Crippen molar-refractivity contribution in [2.75, 3.05) is 6.54 Å². The Morgan fingerprint density at radius 1 is 1.28 bits per heavy atom. The van der Waals surface area contributed by atoms with Crippen LogP contribution in [0.1, 0.15) is 12.0 Å². The maximum atomic E-state index is 11.7. The quantitative estimate of drug-likeness (QED) is 0.782. The van der Waals surface area contributed by atoms with Crippen LogP contribution in [0.3, 0.4) is 0 Å². The average Bonchev–Trinajstić information content (AvgIpc) is 2.78. The molecule has 1 saturated heterocycles. The number of carbonyl (C=O) groups is 2. The average molecular weight is 242 g/mol. The van der Waals surface area contributed by atoms with Gasteiger partial charge in [0.05, 0.1) is 12.2 Å². The molecule has 1 unspecified atom stereocenters. The van der Waals surface area contributed by atoms with Crippen LogP contribution in [0.25, 0.3) is 5.57 Å². The predicted molar refractivity (Wildman–Crippen MR) is 65.8 cm³/mol. The Kier molecular flexibility index (Phi) is 2.51. The molecule has 2 aliphatic heterocycles. The summed E-state index contributed by atoms with van der Waals surface area (Å²) < 4.78 is 0. The van der Waals surface area contributed by atoms with E-state index >= 15 is 0 Å². The fourth-order valence-electron chi connectivity index (χ4n) is 2.20. The molecule has 0 aromatic heterocycles. The third-order valence-corrected chi connectivity index (χ3v) is 3.11. The zero-order valence-electron chi connectivity index (χ0n) is 9.64. The first-order valence-electron chi connectivity index (χ1n) is 5.80. The van der Waals surface area contributed by atoms with Gasteiger partial charge in [-0.1, -0.05) is 18.2 Å². The Bertz CT molecular complexity index is 551. The van der Waals surface area contributed by atoms with Gasteiger partial charge in [0.25, 0.3) is 0 Å². The van der Waals surface area contributed by atoms with E-state index in [1.165, 1.54) is 0 Å². The SMILES string of the molecule is O=C1CNC(=O)C(CC2=C[N]c3ccccc32)N1. The van der Waals surface area contributed by atoms with Crippen LogP contribution in [0.15, 0.2) is 30.5 Å². The number of para-hydroxylation sites is 1. The van der Waals surface area contributed by atoms with Gasteiger partial charge in [-0.05, 0) is 11.6 Å². The van der Waals surface area contributed by atoms with Crippen LogP contribution in [0, 0.1) is 0 Å². The minimum atomic E-state index is -0.501. The minimum Gasteiger partial charge on any atom is -0.345 e. The summed E-state index contributed by atoms with van der Waals surface area (Å²) in [6.07, 6.45) is 2.23. The number of nitrogens with one attached hydrogen (secondary N) is 2. The number of rotatable bonds is 2. The standard InChI is InChI=1S/C13H12N3O2/c17-12-7-15-13(18)11(16-12)5-8-6-14-10-4-2-1-3-9(8)10/h1-4,6,11H,5,7H2,(H,15,18)(H,16,17). The van der Waals surface area contributed by atoms with Gasteiger partial charge in [0.2, 0.25) is 11.8 Å². The van der Waals surface area contributed by atoms with E-state index in [2.05, 4.69) is 16.0 Å². The van der Waals surface area contributed by atoms with Gasteiger partial charge < -0.3 is 10.6 Å². The van der Waals surface area contributed by atoms with E-state index in [9.17, 15) is 9.59 Å². The lowest BCUT2D eigenvalue weighted by atomic mass is 9.99. The number of fused-ring (bicyclic) bond motifs is 1. The molecule has 5 heteroatoms. The van der Waals surface area contributed by atoms with Gasteiger partial charge in [-0.15, -0.1) is 0 Å². The molecular formula is C13H12N3O2. The van der Waals surface area contributed by atoms with E-state index in [1.807, 2.05) is 24.3 Å². The van der Waals surface area contributed by atoms with Crippen molar-refractivity contribution < 1.29 is 9.59 Å². The van der Waals surface area contributed by atoms with E-state index in [4.69, 9.17) is 0 Å². The molecule has 1 aromatic carbocycles. The van der Waals surface area contributed by atoms with Crippen molar-refractivity contribution >= 4 is 23.1 Å². The molecule has 2 heterocycles. The van der Waals surface area contributed by atoms with Gasteiger partial charge in [0.1, 0.15) is 6.04 Å². The Balaban J connectivity index is 1.78. The first-order valence-corrected chi connectivity index (χ1v) is 5.80. The fourth-order valence-corrected chi connectivity index (χ4v) is 2.20. The molecule has 18 heavy (non-hydrogen) atoms. The highest BCUT2D eigenvalue weighted by Crippen LogP contribution is 2.32. The normalized spacial score (nSPS) is 21.6. The lowest BCUT2D eigenvalue weighted by molar-refractivity contribution is -0.133. The molecule has 2 N–H and O–H groups in total. The molecule has 0 bridgehead atoms. The topological polar surface area (TPSA) is 72.3 Å². The first kappa shape index (κ1) is 10.8. The maximum absolute atomic E-state index is 11.7. The highest BCUT2D eigenvalue weighted by atomic mass is 16.2. The monoisotopic (exact) mass is 242 g/mol. The van der Waals surface area contributed by atoms with Crippen molar-refractivity contribution in [1.29, 1.82) is 0 Å². The number of hydrogen-bond acceptors (Lipinski definition) is 2. The fraction of sp³-hybridized carbons (Fsp3) is 0.231. The largest absolute Gasteiger partial charge is 0.345 e. The lowest BCUT2D eigenvalue weighted by Gasteiger charge is -2.23. The van der Waals surface area contributed by atoms with Crippen LogP contribution >= 0.6 is 0 Å². The van der Waals surface area contributed by atoms with Crippen molar-refractivity contribution in [1.82, 2.24) is 16.0 Å². The summed E-state index contributed by atoms with van der Waals surface area (Å²) in [5.41, 5.74) is 2.92. The molecule has 0 spiro atoms. The number of hydrogen-bond donors (Lipinski definition) is 2. The molecule has 91 valence electrons. The second-order valence-electron chi connectivity index (χ2n) is 4.34. The second-order valence-corrected chi connectivity index (χ2v) is 4.34. The van der Waals surface area contributed by atoms with Crippen LogP contribution in [0.4, 0.5) is 5.69 Å². The Morgan fingerprint density at radius 2 is 2.11 bits per heavy atom. The number of benzene rings is 1. The van der Waals surface area contributed by atoms with Crippen LogP contribution < -0.4 is 16.0 Å². The molecular weight excluding hydrogens is 230 g/mol. The van der Waals surface area contributed by atoms with Gasteiger partial charge in [0.15, 0.2) is 0 Å². The van der Waals surface area contributed by atoms with E-state index in [0.29, 0.717) is 6.42 Å². The summed E-state index contributed by atoms with van der Waals surface area (Å²) in [7, 11) is 0. The highest BCUT2D eigenvalue weighted by Gasteiger charge is 2.28. The molecule has 3 rings (SSSR count). The second kappa shape index (κ2) is 4.18. The summed E-state index contributed by atoms with van der Waals surface area (Å²) in [5, 5.41) is 9.55. The molecule has 1 atom stereocenters. The van der Waals surface area contributed by atoms with E-state index in [0.717, 1.165) is 16.8 Å². The highest BCUT2D eigenvalue weighted by molar-refractivity contribution is 5.96. The minimum absolute atomic E-state index is 0.0648. The zero-order valence-corrected chi connectivity index (χ0v) is 9.64. The molecule has 1 fully saturated rings. The third-order valence-electron chi connectivity index (χ3n) is 3.11. The maximum Gasteiger partial charge on any atom is 0.243 e. The molecule has 1 radical (unpaired) electrons. The van der Waals surface area contributed by atoms with Crippen LogP contribution in [-0.4, -0.2) is 24.4 Å². The number of amides is 2. The zero-order chi connectivity index (χ0) is 12.5. The van der Waals surface area contributed by atoms with Gasteiger partial charge in [0, 0.05) is 18.2 Å². The summed E-state index contributed by atoms with van der Waals surface area (Å²) in [5.74, 6) is -0.289. The molecule has 5 nitrogen and oxygen atoms in total. The van der Waals surface area contributed by atoms with Crippen LogP contribution in [0.5, 0.6) is 0 Å². The van der Waals surface area contributed by atoms with E-state index in [1.54, 1.807) is 6.20 Å². The summed E-state index contributed by atoms with van der Waals surface area (Å²) in [6.45, 7) is 0.0648. The van der Waals surface area contributed by atoms with Crippen molar-refractivity contribution in [2.45, 2.75) is 12.5 Å². The lowest BCUT2D eigenvalue weighted by Crippen LogP contribution is -2.56. The van der Waals surface area contributed by atoms with Crippen molar-refractivity contribution in [2.24, 2.45) is 0 Å². The van der Waals surface area contributed by atoms with Gasteiger partial charge >= 0.3 is 0 Å². The summed E-state index contributed by atoms with van der Waals surface area (Å²) in [6, 6.07) is 7.26. The van der Waals surface area contributed by atoms with E-state index in [-0.39, 0.29) is 18.4 Å². The Labute approximate surface area is 104 Å². The van der Waals surface area contributed by atoms with Gasteiger partial charge in [-0.25, -0.2) is 0 Å². The van der Waals surface area contributed by atoms with Crippen LogP contribution in [-0.2, 0) is 9.59 Å². The Morgan fingerprint density at radius 3 is 3.00 bits per heavy atom. The molecule has 0 saturated carbocycles. The van der Waals surface area contributed by atoms with Gasteiger partial charge in [-0.3, -0.25) is 14.9 Å². The van der Waals surface area contributed by atoms with Crippen molar-refractivity contribution in [3.63, 3.8) is 0 Å². The smallest absolute Gasteiger partial charge is 0.243 e.